The van der Waals surface area contributed by atoms with E-state index in [0.717, 1.165) is 26.0 Å². The monoisotopic (exact) mass is 357 g/mol. The Hall–Kier alpha value is -1.66. The van der Waals surface area contributed by atoms with Crippen molar-refractivity contribution in [3.8, 4) is 0 Å². The molecule has 142 valence electrons. The minimum absolute atomic E-state index is 0.139. The Morgan fingerprint density at radius 3 is 2.81 bits per heavy atom. The summed E-state index contributed by atoms with van der Waals surface area (Å²) in [5, 5.41) is 8.58. The van der Waals surface area contributed by atoms with E-state index in [2.05, 4.69) is 21.1 Å². The highest BCUT2D eigenvalue weighted by molar-refractivity contribution is 5.22. The van der Waals surface area contributed by atoms with Crippen molar-refractivity contribution in [2.45, 2.75) is 69.6 Å². The number of aromatic nitrogens is 4. The highest BCUT2D eigenvalue weighted by Gasteiger charge is 2.27. The van der Waals surface area contributed by atoms with E-state index in [9.17, 15) is 0 Å². The summed E-state index contributed by atoms with van der Waals surface area (Å²) >= 11 is 0. The average Bonchev–Trinajstić information content (AvgIpc) is 3.26. The van der Waals surface area contributed by atoms with E-state index in [1.54, 1.807) is 0 Å². The van der Waals surface area contributed by atoms with Crippen molar-refractivity contribution in [2.75, 3.05) is 6.61 Å². The van der Waals surface area contributed by atoms with Gasteiger partial charge in [0, 0.05) is 51.0 Å². The number of imidazole rings is 1. The second kappa shape index (κ2) is 7.92. The molecule has 0 radical (unpaired) electrons. The van der Waals surface area contributed by atoms with Gasteiger partial charge in [-0.15, -0.1) is 0 Å². The number of hydrogen-bond acceptors (Lipinski definition) is 4. The van der Waals surface area contributed by atoms with E-state index in [1.807, 2.05) is 31.3 Å². The zero-order chi connectivity index (χ0) is 17.9. The number of nitrogens with one attached hydrogen (secondary N) is 1. The van der Waals surface area contributed by atoms with Crippen LogP contribution in [0.4, 0.5) is 0 Å². The lowest BCUT2D eigenvalue weighted by molar-refractivity contribution is -0.00405. The van der Waals surface area contributed by atoms with Crippen LogP contribution in [-0.2, 0) is 25.4 Å². The molecule has 3 heterocycles. The maximum atomic E-state index is 5.99. The van der Waals surface area contributed by atoms with Gasteiger partial charge < -0.3 is 14.6 Å². The van der Waals surface area contributed by atoms with Crippen LogP contribution >= 0.6 is 0 Å². The molecule has 0 bridgehead atoms. The average molecular weight is 358 g/mol. The molecular weight excluding hydrogens is 326 g/mol. The fraction of sp³-hybridized carbons (Fsp3) is 0.700. The SMILES string of the molecule is Cn1cc(CN[C@H]2CCO[C@@H](c3cncn3C)C2)c(C2CCCCC2)n1. The van der Waals surface area contributed by atoms with E-state index in [-0.39, 0.29) is 6.10 Å². The van der Waals surface area contributed by atoms with Crippen molar-refractivity contribution >= 4 is 0 Å². The van der Waals surface area contributed by atoms with Crippen LogP contribution in [0.3, 0.4) is 0 Å². The van der Waals surface area contributed by atoms with Gasteiger partial charge in [-0.2, -0.15) is 5.10 Å². The lowest BCUT2D eigenvalue weighted by Crippen LogP contribution is -2.36. The number of ether oxygens (including phenoxy) is 1. The largest absolute Gasteiger partial charge is 0.372 e. The van der Waals surface area contributed by atoms with E-state index < -0.39 is 0 Å². The topological polar surface area (TPSA) is 56.9 Å². The molecule has 6 heteroatoms. The molecule has 26 heavy (non-hydrogen) atoms. The van der Waals surface area contributed by atoms with Gasteiger partial charge in [0.1, 0.15) is 6.10 Å². The van der Waals surface area contributed by atoms with E-state index >= 15 is 0 Å². The molecule has 2 atom stereocenters. The van der Waals surface area contributed by atoms with Crippen molar-refractivity contribution in [2.24, 2.45) is 14.1 Å². The first-order chi connectivity index (χ1) is 12.7. The molecule has 1 N–H and O–H groups in total. The molecule has 1 aliphatic carbocycles. The molecular formula is C20H31N5O. The van der Waals surface area contributed by atoms with Gasteiger partial charge in [0.15, 0.2) is 0 Å². The number of nitrogens with zero attached hydrogens (tertiary/aromatic N) is 4. The van der Waals surface area contributed by atoms with Crippen LogP contribution in [0.5, 0.6) is 0 Å². The molecule has 1 saturated heterocycles. The van der Waals surface area contributed by atoms with E-state index in [4.69, 9.17) is 9.84 Å². The first-order valence-electron chi connectivity index (χ1n) is 10.0. The smallest absolute Gasteiger partial charge is 0.100 e. The lowest BCUT2D eigenvalue weighted by Gasteiger charge is -2.30. The highest BCUT2D eigenvalue weighted by Crippen LogP contribution is 2.34. The van der Waals surface area contributed by atoms with Gasteiger partial charge >= 0.3 is 0 Å². The van der Waals surface area contributed by atoms with Gasteiger partial charge in [-0.25, -0.2) is 4.98 Å². The van der Waals surface area contributed by atoms with Gasteiger partial charge in [0.2, 0.25) is 0 Å². The number of rotatable bonds is 5. The molecule has 4 rings (SSSR count). The molecule has 0 unspecified atom stereocenters. The second-order valence-electron chi connectivity index (χ2n) is 7.94. The zero-order valence-corrected chi connectivity index (χ0v) is 16.0. The quantitative estimate of drug-likeness (QED) is 0.893. The van der Waals surface area contributed by atoms with E-state index in [1.165, 1.54) is 49.1 Å². The first-order valence-corrected chi connectivity index (χ1v) is 10.0. The van der Waals surface area contributed by atoms with Gasteiger partial charge in [0.25, 0.3) is 0 Å². The van der Waals surface area contributed by atoms with Gasteiger partial charge in [0.05, 0.1) is 23.9 Å². The molecule has 2 fully saturated rings. The molecule has 0 aromatic carbocycles. The Bertz CT molecular complexity index is 716. The predicted molar refractivity (Wildman–Crippen MR) is 101 cm³/mol. The Morgan fingerprint density at radius 1 is 1.19 bits per heavy atom. The highest BCUT2D eigenvalue weighted by atomic mass is 16.5. The van der Waals surface area contributed by atoms with Crippen molar-refractivity contribution < 1.29 is 4.74 Å². The van der Waals surface area contributed by atoms with Crippen molar-refractivity contribution in [1.82, 2.24) is 24.6 Å². The van der Waals surface area contributed by atoms with Gasteiger partial charge in [-0.05, 0) is 25.7 Å². The number of aryl methyl sites for hydroxylation is 2. The third-order valence-corrected chi connectivity index (χ3v) is 5.98. The molecule has 2 aromatic rings. The summed E-state index contributed by atoms with van der Waals surface area (Å²) < 4.78 is 10.0. The summed E-state index contributed by atoms with van der Waals surface area (Å²) in [6, 6.07) is 0.475. The molecule has 0 amide bonds. The summed E-state index contributed by atoms with van der Waals surface area (Å²) in [6.07, 6.45) is 14.8. The van der Waals surface area contributed by atoms with Gasteiger partial charge in [-0.1, -0.05) is 19.3 Å². The fourth-order valence-corrected chi connectivity index (χ4v) is 4.53. The van der Waals surface area contributed by atoms with Crippen LogP contribution in [0.2, 0.25) is 0 Å². The molecule has 0 spiro atoms. The minimum Gasteiger partial charge on any atom is -0.372 e. The molecule has 2 aliphatic rings. The second-order valence-corrected chi connectivity index (χ2v) is 7.94. The maximum absolute atomic E-state index is 5.99. The Morgan fingerprint density at radius 2 is 2.04 bits per heavy atom. The summed E-state index contributed by atoms with van der Waals surface area (Å²) in [5.74, 6) is 0.652. The molecule has 1 aliphatic heterocycles. The van der Waals surface area contributed by atoms with Crippen molar-refractivity contribution in [1.29, 1.82) is 0 Å². The fourth-order valence-electron chi connectivity index (χ4n) is 4.53. The standard InChI is InChI=1S/C20H31N5O/c1-24-14-21-12-18(24)19-10-17(8-9-26-19)22-11-16-13-25(2)23-20(16)15-6-4-3-5-7-15/h12-15,17,19,22H,3-11H2,1-2H3/t17-,19+/m0/s1. The Kier molecular flexibility index (Phi) is 5.41. The zero-order valence-electron chi connectivity index (χ0n) is 16.0. The van der Waals surface area contributed by atoms with Crippen molar-refractivity contribution in [3.63, 3.8) is 0 Å². The van der Waals surface area contributed by atoms with Crippen LogP contribution in [0.1, 0.15) is 73.9 Å². The Labute approximate surface area is 155 Å². The molecule has 1 saturated carbocycles. The first kappa shape index (κ1) is 17.7. The molecule has 6 nitrogen and oxygen atoms in total. The summed E-state index contributed by atoms with van der Waals surface area (Å²) in [7, 11) is 4.08. The van der Waals surface area contributed by atoms with Crippen molar-refractivity contribution in [3.05, 3.63) is 35.7 Å². The number of hydrogen-bond donors (Lipinski definition) is 1. The normalized spacial score (nSPS) is 24.8. The summed E-state index contributed by atoms with van der Waals surface area (Å²) in [5.41, 5.74) is 3.87. The third-order valence-electron chi connectivity index (χ3n) is 5.98. The van der Waals surface area contributed by atoms with Crippen LogP contribution < -0.4 is 5.32 Å². The van der Waals surface area contributed by atoms with Crippen LogP contribution in [-0.4, -0.2) is 32.0 Å². The van der Waals surface area contributed by atoms with Crippen LogP contribution in [0.25, 0.3) is 0 Å². The summed E-state index contributed by atoms with van der Waals surface area (Å²) in [6.45, 7) is 1.71. The Balaban J connectivity index is 1.39. The molecule has 2 aromatic heterocycles. The van der Waals surface area contributed by atoms with E-state index in [0.29, 0.717) is 12.0 Å². The van der Waals surface area contributed by atoms with Crippen LogP contribution in [0, 0.1) is 0 Å². The third kappa shape index (κ3) is 3.86. The lowest BCUT2D eigenvalue weighted by atomic mass is 9.85. The minimum atomic E-state index is 0.139. The summed E-state index contributed by atoms with van der Waals surface area (Å²) in [4.78, 5) is 4.23. The van der Waals surface area contributed by atoms with Crippen LogP contribution in [0.15, 0.2) is 18.7 Å². The predicted octanol–water partition coefficient (Wildman–Crippen LogP) is 3.21. The maximum Gasteiger partial charge on any atom is 0.100 e. The van der Waals surface area contributed by atoms with Gasteiger partial charge in [-0.3, -0.25) is 4.68 Å².